The average molecular weight is 311 g/mol. The Bertz CT molecular complexity index is 978. The molecule has 0 aliphatic carbocycles. The van der Waals surface area contributed by atoms with Gasteiger partial charge in [0.15, 0.2) is 5.76 Å². The van der Waals surface area contributed by atoms with Gasteiger partial charge in [0.25, 0.3) is 5.56 Å². The van der Waals surface area contributed by atoms with Crippen LogP contribution in [0.4, 0.5) is 0 Å². The van der Waals surface area contributed by atoms with E-state index in [-0.39, 0.29) is 17.1 Å². The fourth-order valence-electron chi connectivity index (χ4n) is 2.02. The van der Waals surface area contributed by atoms with Gasteiger partial charge in [-0.05, 0) is 36.3 Å². The second-order valence-corrected chi connectivity index (χ2v) is 5.86. The number of hydrogen-bond acceptors (Lipinski definition) is 4. The molecule has 3 aromatic rings. The fraction of sp³-hybridized carbons (Fsp3) is 0.0588. The van der Waals surface area contributed by atoms with Crippen LogP contribution in [0, 0.1) is 6.92 Å². The lowest BCUT2D eigenvalue weighted by atomic mass is 10.1. The highest BCUT2D eigenvalue weighted by Gasteiger charge is 2.05. The fourth-order valence-corrected chi connectivity index (χ4v) is 2.90. The first-order chi connectivity index (χ1) is 10.6. The summed E-state index contributed by atoms with van der Waals surface area (Å²) in [5.41, 5.74) is 1.87. The van der Waals surface area contributed by atoms with Crippen LogP contribution in [0.2, 0.25) is 0 Å². The number of nitrogens with one attached hydrogen (secondary N) is 1. The third-order valence-corrected chi connectivity index (χ3v) is 4.14. The third-order valence-electron chi connectivity index (χ3n) is 3.18. The molecular formula is C17H13NO3S. The number of aromatic amines is 1. The minimum absolute atomic E-state index is 0.202. The number of H-pyrrole nitrogens is 1. The summed E-state index contributed by atoms with van der Waals surface area (Å²) in [4.78, 5) is 26.6. The zero-order chi connectivity index (χ0) is 15.5. The van der Waals surface area contributed by atoms with E-state index in [1.807, 2.05) is 37.3 Å². The number of hydrogen-bond donors (Lipinski definition) is 1. The second-order valence-electron chi connectivity index (χ2n) is 4.77. The SMILES string of the molecule is Cc1ccccc1/C=c1\s/c(=C\C(=O)c2ccco2)[nH]c1=O. The Hall–Kier alpha value is -2.66. The largest absolute Gasteiger partial charge is 0.461 e. The highest BCUT2D eigenvalue weighted by molar-refractivity contribution is 7.07. The molecule has 0 spiro atoms. The molecule has 0 bridgehead atoms. The van der Waals surface area contributed by atoms with Gasteiger partial charge in [0.05, 0.1) is 15.5 Å². The molecule has 0 saturated heterocycles. The van der Waals surface area contributed by atoms with Crippen molar-refractivity contribution in [2.24, 2.45) is 0 Å². The Kier molecular flexibility index (Phi) is 3.89. The zero-order valence-corrected chi connectivity index (χ0v) is 12.6. The van der Waals surface area contributed by atoms with Crippen molar-refractivity contribution in [3.8, 4) is 0 Å². The summed E-state index contributed by atoms with van der Waals surface area (Å²) in [6.07, 6.45) is 4.64. The molecule has 2 heterocycles. The standard InChI is InChI=1S/C17H13NO3S/c1-11-5-2-3-6-12(11)9-15-17(20)18-16(22-15)10-13(19)14-7-4-8-21-14/h2-10H,1H3,(H,18,20)/b15-9-,16-10-. The van der Waals surface area contributed by atoms with Crippen molar-refractivity contribution >= 4 is 29.3 Å². The highest BCUT2D eigenvalue weighted by Crippen LogP contribution is 2.07. The van der Waals surface area contributed by atoms with Crippen LogP contribution in [0.15, 0.2) is 51.9 Å². The molecule has 110 valence electrons. The summed E-state index contributed by atoms with van der Waals surface area (Å²) in [7, 11) is 0. The van der Waals surface area contributed by atoms with Crippen LogP contribution in [0.1, 0.15) is 21.7 Å². The minimum Gasteiger partial charge on any atom is -0.461 e. The molecule has 0 fully saturated rings. The van der Waals surface area contributed by atoms with Crippen molar-refractivity contribution in [2.75, 3.05) is 0 Å². The van der Waals surface area contributed by atoms with E-state index in [1.54, 1.807) is 12.1 Å². The molecule has 0 unspecified atom stereocenters. The minimum atomic E-state index is -0.273. The lowest BCUT2D eigenvalue weighted by Gasteiger charge is -1.96. The highest BCUT2D eigenvalue weighted by atomic mass is 32.1. The number of furan rings is 1. The molecule has 0 atom stereocenters. The molecule has 22 heavy (non-hydrogen) atoms. The number of benzene rings is 1. The molecule has 3 rings (SSSR count). The van der Waals surface area contributed by atoms with Gasteiger partial charge in [0.2, 0.25) is 5.78 Å². The normalized spacial score (nSPS) is 12.8. The van der Waals surface area contributed by atoms with Gasteiger partial charge in [0, 0.05) is 6.08 Å². The van der Waals surface area contributed by atoms with Crippen LogP contribution in [0.25, 0.3) is 12.2 Å². The lowest BCUT2D eigenvalue weighted by molar-refractivity contribution is 0.103. The summed E-state index contributed by atoms with van der Waals surface area (Å²) >= 11 is 1.25. The molecule has 4 nitrogen and oxygen atoms in total. The molecule has 0 aliphatic rings. The van der Waals surface area contributed by atoms with Crippen LogP contribution in [-0.4, -0.2) is 10.8 Å². The molecular weight excluding hydrogens is 298 g/mol. The number of rotatable bonds is 3. The van der Waals surface area contributed by atoms with Gasteiger partial charge in [0.1, 0.15) is 0 Å². The van der Waals surface area contributed by atoms with E-state index in [0.29, 0.717) is 9.20 Å². The predicted molar refractivity (Wildman–Crippen MR) is 86.4 cm³/mol. The maximum atomic E-state index is 12.0. The monoisotopic (exact) mass is 311 g/mol. The van der Waals surface area contributed by atoms with Crippen LogP contribution < -0.4 is 14.8 Å². The number of aromatic nitrogens is 1. The van der Waals surface area contributed by atoms with Crippen LogP contribution in [0.3, 0.4) is 0 Å². The first-order valence-electron chi connectivity index (χ1n) is 6.69. The lowest BCUT2D eigenvalue weighted by Crippen LogP contribution is -2.20. The average Bonchev–Trinajstić information content (AvgIpc) is 3.12. The maximum Gasteiger partial charge on any atom is 0.266 e. The van der Waals surface area contributed by atoms with Gasteiger partial charge < -0.3 is 9.40 Å². The molecule has 5 heteroatoms. The quantitative estimate of drug-likeness (QED) is 0.751. The third kappa shape index (κ3) is 2.99. The van der Waals surface area contributed by atoms with Gasteiger partial charge in [-0.1, -0.05) is 24.3 Å². The predicted octanol–water partition coefficient (Wildman–Crippen LogP) is 1.83. The van der Waals surface area contributed by atoms with Gasteiger partial charge >= 0.3 is 0 Å². The number of carbonyl (C=O) groups excluding carboxylic acids is 1. The summed E-state index contributed by atoms with van der Waals surface area (Å²) < 4.78 is 6.11. The molecule has 0 radical (unpaired) electrons. The summed E-state index contributed by atoms with van der Waals surface area (Å²) in [6, 6.07) is 11.0. The Balaban J connectivity index is 2.04. The van der Waals surface area contributed by atoms with Crippen molar-refractivity contribution in [1.29, 1.82) is 0 Å². The Labute approximate surface area is 130 Å². The molecule has 0 saturated carbocycles. The molecule has 2 aromatic heterocycles. The van der Waals surface area contributed by atoms with Crippen molar-refractivity contribution in [3.63, 3.8) is 0 Å². The van der Waals surface area contributed by atoms with Gasteiger partial charge in [-0.15, -0.1) is 11.3 Å². The number of thiazole rings is 1. The summed E-state index contributed by atoms with van der Waals surface area (Å²) in [5.74, 6) is -0.0244. The molecule has 0 aliphatic heterocycles. The van der Waals surface area contributed by atoms with Gasteiger partial charge in [-0.3, -0.25) is 9.59 Å². The Morgan fingerprint density at radius 3 is 2.77 bits per heavy atom. The van der Waals surface area contributed by atoms with E-state index in [4.69, 9.17) is 4.42 Å². The number of ketones is 1. The maximum absolute atomic E-state index is 12.0. The first kappa shape index (κ1) is 14.3. The molecule has 1 N–H and O–H groups in total. The van der Waals surface area contributed by atoms with Crippen LogP contribution >= 0.6 is 11.3 Å². The van der Waals surface area contributed by atoms with E-state index >= 15 is 0 Å². The van der Waals surface area contributed by atoms with Crippen LogP contribution in [0.5, 0.6) is 0 Å². The van der Waals surface area contributed by atoms with Gasteiger partial charge in [-0.25, -0.2) is 0 Å². The number of aryl methyl sites for hydroxylation is 1. The second kappa shape index (κ2) is 5.99. The molecule has 0 amide bonds. The number of carbonyl (C=O) groups is 1. The topological polar surface area (TPSA) is 63.1 Å². The van der Waals surface area contributed by atoms with E-state index in [2.05, 4.69) is 4.98 Å². The van der Waals surface area contributed by atoms with Crippen LogP contribution in [-0.2, 0) is 0 Å². The van der Waals surface area contributed by atoms with Crippen molar-refractivity contribution in [2.45, 2.75) is 6.92 Å². The zero-order valence-electron chi connectivity index (χ0n) is 11.8. The van der Waals surface area contributed by atoms with Crippen molar-refractivity contribution in [1.82, 2.24) is 4.98 Å². The van der Waals surface area contributed by atoms with Crippen molar-refractivity contribution < 1.29 is 9.21 Å². The van der Waals surface area contributed by atoms with E-state index in [0.717, 1.165) is 11.1 Å². The van der Waals surface area contributed by atoms with E-state index in [9.17, 15) is 9.59 Å². The summed E-state index contributed by atoms with van der Waals surface area (Å²) in [6.45, 7) is 1.99. The summed E-state index contributed by atoms with van der Waals surface area (Å²) in [5, 5.41) is 0. The molecule has 1 aromatic carbocycles. The number of Topliss-reactive ketones (excluding diaryl/α,β-unsaturated/α-hetero) is 1. The Morgan fingerprint density at radius 2 is 2.05 bits per heavy atom. The smallest absolute Gasteiger partial charge is 0.266 e. The van der Waals surface area contributed by atoms with Gasteiger partial charge in [-0.2, -0.15) is 0 Å². The van der Waals surface area contributed by atoms with Crippen molar-refractivity contribution in [3.05, 3.63) is 79.1 Å². The first-order valence-corrected chi connectivity index (χ1v) is 7.51. The van der Waals surface area contributed by atoms with E-state index in [1.165, 1.54) is 23.7 Å². The van der Waals surface area contributed by atoms with E-state index < -0.39 is 0 Å². The Morgan fingerprint density at radius 1 is 1.23 bits per heavy atom.